The van der Waals surface area contributed by atoms with Crippen LogP contribution in [0.25, 0.3) is 0 Å². The lowest BCUT2D eigenvalue weighted by atomic mass is 9.98. The van der Waals surface area contributed by atoms with Crippen LogP contribution in [0.4, 0.5) is 0 Å². The van der Waals surface area contributed by atoms with Crippen LogP contribution in [-0.2, 0) is 14.3 Å². The van der Waals surface area contributed by atoms with Gasteiger partial charge >= 0.3 is 0 Å². The molecule has 1 aliphatic rings. The second-order valence-corrected chi connectivity index (χ2v) is 25.6. The van der Waals surface area contributed by atoms with Gasteiger partial charge in [-0.3, -0.25) is 4.79 Å². The summed E-state index contributed by atoms with van der Waals surface area (Å²) < 4.78 is 11.2. The molecule has 0 bridgehead atoms. The number of ether oxygens (including phenoxy) is 2. The second-order valence-electron chi connectivity index (χ2n) is 25.6. The number of rotatable bonds is 64. The maximum Gasteiger partial charge on any atom is 0.249 e. The summed E-state index contributed by atoms with van der Waals surface area (Å²) >= 11 is 0. The molecule has 11 heteroatoms. The van der Waals surface area contributed by atoms with Crippen LogP contribution < -0.4 is 5.32 Å². The number of carbonyl (C=O) groups excluding carboxylic acids is 1. The summed E-state index contributed by atoms with van der Waals surface area (Å²) in [5.41, 5.74) is 0. The van der Waals surface area contributed by atoms with E-state index in [9.17, 15) is 40.5 Å². The molecule has 11 nitrogen and oxygen atoms in total. The molecule has 0 aromatic heterocycles. The Kier molecular flexibility index (Phi) is 58.9. The minimum absolute atomic E-state index is 0.248. The molecule has 0 aliphatic carbocycles. The Morgan fingerprint density at radius 2 is 0.714 bits per heavy atom. The average molecular weight is 1190 g/mol. The average Bonchev–Trinajstić information content (AvgIpc) is 3.69. The molecule has 0 radical (unpaired) electrons. The van der Waals surface area contributed by atoms with Crippen molar-refractivity contribution < 1.29 is 50.0 Å². The van der Waals surface area contributed by atoms with Gasteiger partial charge in [0.25, 0.3) is 0 Å². The first kappa shape index (κ1) is 80.3. The lowest BCUT2D eigenvalue weighted by molar-refractivity contribution is -0.303. The first-order valence-electron chi connectivity index (χ1n) is 36.4. The highest BCUT2D eigenvalue weighted by atomic mass is 16.7. The van der Waals surface area contributed by atoms with Gasteiger partial charge in [0, 0.05) is 0 Å². The molecule has 496 valence electrons. The molecule has 0 spiro atoms. The standard InChI is InChI=1S/C73H139NO10/c1-3-5-7-9-11-13-15-17-19-21-23-25-27-29-30-31-32-33-34-35-37-39-41-43-45-47-49-51-53-55-57-59-61-66(77)72(82)74-64(63-83-73-71(81)70(80)69(79)67(62-75)84-73)68(78)65(76)60-58-56-54-52-50-48-46-44-42-40-38-36-28-26-24-22-20-18-16-14-12-10-8-6-4-2/h29-30,44,46,52,54,64-71,73,75-81H,3-28,31-43,45,47-51,53,55-63H2,1-2H3,(H,74,82)/b30-29-,46-44+,54-52+. The SMILES string of the molecule is CCCCCCCCCCCCCC/C=C\CCCCCCCCCCCCCCCCCCC(O)C(=O)NC(COC1OC(CO)C(O)C(O)C1O)C(O)C(O)CCC/C=C/CC/C=C/CCCCCCCCCCCCCCCCCC. The zero-order valence-corrected chi connectivity index (χ0v) is 54.9. The number of hydrogen-bond donors (Lipinski definition) is 8. The topological polar surface area (TPSA) is 189 Å². The van der Waals surface area contributed by atoms with Crippen molar-refractivity contribution >= 4 is 5.91 Å². The third-order valence-corrected chi connectivity index (χ3v) is 17.6. The van der Waals surface area contributed by atoms with Crippen molar-refractivity contribution in [1.82, 2.24) is 5.32 Å². The molecule has 0 aromatic rings. The smallest absolute Gasteiger partial charge is 0.249 e. The predicted molar refractivity (Wildman–Crippen MR) is 353 cm³/mol. The molecular formula is C73H139NO10. The number of allylic oxidation sites excluding steroid dienone is 6. The van der Waals surface area contributed by atoms with Crippen molar-refractivity contribution in [2.75, 3.05) is 13.2 Å². The van der Waals surface area contributed by atoms with Crippen LogP contribution in [0.2, 0.25) is 0 Å². The lowest BCUT2D eigenvalue weighted by Gasteiger charge is -2.40. The fraction of sp³-hybridized carbons (Fsp3) is 0.904. The van der Waals surface area contributed by atoms with Crippen LogP contribution in [-0.4, -0.2) is 110 Å². The summed E-state index contributed by atoms with van der Waals surface area (Å²) in [6.07, 6.45) is 68.1. The molecule has 1 aliphatic heterocycles. The molecular weight excluding hydrogens is 1050 g/mol. The van der Waals surface area contributed by atoms with Crippen LogP contribution in [0.1, 0.15) is 354 Å². The molecule has 0 aromatic carbocycles. The molecule has 1 amide bonds. The number of nitrogens with one attached hydrogen (secondary N) is 1. The minimum atomic E-state index is -1.67. The van der Waals surface area contributed by atoms with Gasteiger partial charge in [0.15, 0.2) is 6.29 Å². The van der Waals surface area contributed by atoms with Crippen molar-refractivity contribution in [3.63, 3.8) is 0 Å². The van der Waals surface area contributed by atoms with Crippen molar-refractivity contribution in [2.24, 2.45) is 0 Å². The summed E-state index contributed by atoms with van der Waals surface area (Å²) in [6, 6.07) is -1.19. The van der Waals surface area contributed by atoms with Crippen LogP contribution in [0.5, 0.6) is 0 Å². The summed E-state index contributed by atoms with van der Waals surface area (Å²) in [4.78, 5) is 13.3. The molecule has 1 fully saturated rings. The lowest BCUT2D eigenvalue weighted by Crippen LogP contribution is -2.60. The van der Waals surface area contributed by atoms with Gasteiger partial charge < -0.3 is 50.5 Å². The number of aliphatic hydroxyl groups excluding tert-OH is 7. The van der Waals surface area contributed by atoms with Crippen molar-refractivity contribution in [2.45, 2.75) is 409 Å². The zero-order valence-electron chi connectivity index (χ0n) is 54.9. The highest BCUT2D eigenvalue weighted by molar-refractivity contribution is 5.80. The van der Waals surface area contributed by atoms with E-state index >= 15 is 0 Å². The molecule has 0 saturated carbocycles. The maximum atomic E-state index is 13.3. The third-order valence-electron chi connectivity index (χ3n) is 17.6. The molecule has 84 heavy (non-hydrogen) atoms. The van der Waals surface area contributed by atoms with Crippen LogP contribution >= 0.6 is 0 Å². The van der Waals surface area contributed by atoms with Gasteiger partial charge in [0.05, 0.1) is 25.4 Å². The van der Waals surface area contributed by atoms with E-state index in [1.54, 1.807) is 0 Å². The largest absolute Gasteiger partial charge is 0.394 e. The summed E-state index contributed by atoms with van der Waals surface area (Å²) in [6.45, 7) is 3.49. The monoisotopic (exact) mass is 1190 g/mol. The zero-order chi connectivity index (χ0) is 61.0. The van der Waals surface area contributed by atoms with E-state index in [1.165, 1.54) is 270 Å². The molecule has 9 atom stereocenters. The van der Waals surface area contributed by atoms with Gasteiger partial charge in [-0.2, -0.15) is 0 Å². The van der Waals surface area contributed by atoms with Gasteiger partial charge in [-0.05, 0) is 77.0 Å². The van der Waals surface area contributed by atoms with Crippen LogP contribution in [0.3, 0.4) is 0 Å². The Morgan fingerprint density at radius 1 is 0.405 bits per heavy atom. The Hall–Kier alpha value is -1.67. The maximum absolute atomic E-state index is 13.3. The van der Waals surface area contributed by atoms with Gasteiger partial charge in [0.2, 0.25) is 5.91 Å². The second kappa shape index (κ2) is 61.6. The van der Waals surface area contributed by atoms with Gasteiger partial charge in [-0.1, -0.05) is 314 Å². The van der Waals surface area contributed by atoms with E-state index in [-0.39, 0.29) is 12.8 Å². The number of aliphatic hydroxyl groups is 7. The normalized spacial score (nSPS) is 19.1. The number of carbonyl (C=O) groups is 1. The first-order chi connectivity index (χ1) is 41.2. The van der Waals surface area contributed by atoms with Crippen molar-refractivity contribution in [3.05, 3.63) is 36.5 Å². The number of hydrogen-bond acceptors (Lipinski definition) is 10. The van der Waals surface area contributed by atoms with E-state index in [2.05, 4.69) is 55.6 Å². The van der Waals surface area contributed by atoms with Crippen molar-refractivity contribution in [1.29, 1.82) is 0 Å². The summed E-state index contributed by atoms with van der Waals surface area (Å²) in [5.74, 6) is -0.705. The highest BCUT2D eigenvalue weighted by Gasteiger charge is 2.44. The van der Waals surface area contributed by atoms with Crippen molar-refractivity contribution in [3.8, 4) is 0 Å². The molecule has 1 heterocycles. The fourth-order valence-corrected chi connectivity index (χ4v) is 11.8. The molecule has 1 saturated heterocycles. The van der Waals surface area contributed by atoms with Gasteiger partial charge in [-0.15, -0.1) is 0 Å². The minimum Gasteiger partial charge on any atom is -0.394 e. The number of unbranched alkanes of at least 4 members (excludes halogenated alkanes) is 46. The number of amides is 1. The van der Waals surface area contributed by atoms with Gasteiger partial charge in [0.1, 0.15) is 36.6 Å². The quantitative estimate of drug-likeness (QED) is 0.0215. The summed E-state index contributed by atoms with van der Waals surface area (Å²) in [7, 11) is 0. The van der Waals surface area contributed by atoms with E-state index < -0.39 is 74.2 Å². The highest BCUT2D eigenvalue weighted by Crippen LogP contribution is 2.24. The Balaban J connectivity index is 2.20. The molecule has 1 rings (SSSR count). The van der Waals surface area contributed by atoms with E-state index in [4.69, 9.17) is 9.47 Å². The van der Waals surface area contributed by atoms with Crippen LogP contribution in [0, 0.1) is 0 Å². The Morgan fingerprint density at radius 3 is 1.06 bits per heavy atom. The van der Waals surface area contributed by atoms with Crippen LogP contribution in [0.15, 0.2) is 36.5 Å². The predicted octanol–water partition coefficient (Wildman–Crippen LogP) is 17.8. The van der Waals surface area contributed by atoms with E-state index in [1.807, 2.05) is 0 Å². The first-order valence-corrected chi connectivity index (χ1v) is 36.4. The Labute approximate surface area is 517 Å². The Bertz CT molecular complexity index is 1460. The van der Waals surface area contributed by atoms with Gasteiger partial charge in [-0.25, -0.2) is 0 Å². The molecule has 8 N–H and O–H groups in total. The fourth-order valence-electron chi connectivity index (χ4n) is 11.8. The van der Waals surface area contributed by atoms with E-state index in [0.29, 0.717) is 19.3 Å². The third kappa shape index (κ3) is 48.3. The molecule has 9 unspecified atom stereocenters. The van der Waals surface area contributed by atoms with E-state index in [0.717, 1.165) is 38.5 Å². The summed E-state index contributed by atoms with van der Waals surface area (Å²) in [5, 5.41) is 76.5.